The van der Waals surface area contributed by atoms with E-state index in [1.54, 1.807) is 24.3 Å². The summed E-state index contributed by atoms with van der Waals surface area (Å²) in [6, 6.07) is 6.94. The van der Waals surface area contributed by atoms with E-state index >= 15 is 0 Å². The minimum atomic E-state index is -1.45. The molecule has 0 amide bonds. The normalized spacial score (nSPS) is 11.1. The van der Waals surface area contributed by atoms with Crippen molar-refractivity contribution in [2.45, 2.75) is 0 Å². The number of aromatic amines is 1. The number of benzene rings is 1. The van der Waals surface area contributed by atoms with Gasteiger partial charge in [0.2, 0.25) is 5.75 Å². The van der Waals surface area contributed by atoms with Gasteiger partial charge >= 0.3 is 11.5 Å². The first-order valence-electron chi connectivity index (χ1n) is 5.05. The molecular weight excluding hydrogens is 238 g/mol. The fraction of sp³-hybridized carbons (Fsp3) is 0. The number of carboxylic acids is 1. The number of nitrogens with zero attached hydrogens (tertiary/aromatic N) is 2. The highest BCUT2D eigenvalue weighted by Crippen LogP contribution is 2.18. The summed E-state index contributed by atoms with van der Waals surface area (Å²) in [6.07, 6.45) is 0. The van der Waals surface area contributed by atoms with E-state index in [9.17, 15) is 14.7 Å². The predicted molar refractivity (Wildman–Crippen MR) is 61.9 cm³/mol. The van der Waals surface area contributed by atoms with Crippen molar-refractivity contribution in [3.05, 3.63) is 40.3 Å². The molecule has 1 aromatic carbocycles. The highest BCUT2D eigenvalue weighted by molar-refractivity contribution is 5.95. The molecule has 7 nitrogen and oxygen atoms in total. The molecule has 0 saturated heterocycles. The Balaban J connectivity index is 2.59. The zero-order valence-electron chi connectivity index (χ0n) is 8.91. The van der Waals surface area contributed by atoms with Crippen LogP contribution in [0.3, 0.4) is 0 Å². The van der Waals surface area contributed by atoms with E-state index in [2.05, 4.69) is 10.1 Å². The topological polar surface area (TPSA) is 108 Å². The van der Waals surface area contributed by atoms with Crippen LogP contribution < -0.4 is 5.56 Å². The van der Waals surface area contributed by atoms with Crippen molar-refractivity contribution < 1.29 is 15.0 Å². The standard InChI is InChI=1S/C11H7N3O4/c15-8-7(11(17)18)12-9-5-3-1-2-4-6(5)13-14(9)10(8)16/h1-4,13,15H,(H,17,18). The van der Waals surface area contributed by atoms with Crippen molar-refractivity contribution in [2.75, 3.05) is 0 Å². The summed E-state index contributed by atoms with van der Waals surface area (Å²) in [5.74, 6) is -2.33. The van der Waals surface area contributed by atoms with Gasteiger partial charge in [0.25, 0.3) is 0 Å². The van der Waals surface area contributed by atoms with Crippen molar-refractivity contribution >= 4 is 22.5 Å². The molecule has 0 aliphatic heterocycles. The van der Waals surface area contributed by atoms with E-state index in [0.29, 0.717) is 10.9 Å². The van der Waals surface area contributed by atoms with Crippen LogP contribution in [-0.2, 0) is 0 Å². The number of rotatable bonds is 1. The molecule has 0 aliphatic rings. The molecule has 2 aromatic heterocycles. The first kappa shape index (κ1) is 10.3. The van der Waals surface area contributed by atoms with E-state index in [0.717, 1.165) is 4.52 Å². The second kappa shape index (κ2) is 3.33. The van der Waals surface area contributed by atoms with Crippen molar-refractivity contribution in [3.8, 4) is 5.75 Å². The van der Waals surface area contributed by atoms with Gasteiger partial charge in [-0.05, 0) is 12.1 Å². The summed E-state index contributed by atoms with van der Waals surface area (Å²) in [7, 11) is 0. The Morgan fingerprint density at radius 2 is 2.06 bits per heavy atom. The summed E-state index contributed by atoms with van der Waals surface area (Å²) in [6.45, 7) is 0. The Labute approximate surface area is 98.9 Å². The van der Waals surface area contributed by atoms with Crippen LogP contribution >= 0.6 is 0 Å². The van der Waals surface area contributed by atoms with Gasteiger partial charge in [-0.3, -0.25) is 9.89 Å². The molecule has 0 aliphatic carbocycles. The average Bonchev–Trinajstić information content (AvgIpc) is 2.72. The zero-order valence-corrected chi connectivity index (χ0v) is 8.91. The molecular formula is C11H7N3O4. The van der Waals surface area contributed by atoms with Crippen molar-refractivity contribution in [1.29, 1.82) is 0 Å². The largest absolute Gasteiger partial charge is 0.501 e. The molecule has 0 saturated carbocycles. The van der Waals surface area contributed by atoms with Crippen molar-refractivity contribution in [2.24, 2.45) is 0 Å². The lowest BCUT2D eigenvalue weighted by molar-refractivity contribution is 0.0686. The molecule has 0 fully saturated rings. The van der Waals surface area contributed by atoms with Crippen LogP contribution in [0.5, 0.6) is 5.75 Å². The third kappa shape index (κ3) is 1.21. The van der Waals surface area contributed by atoms with Crippen LogP contribution in [0.2, 0.25) is 0 Å². The molecule has 3 N–H and O–H groups in total. The Bertz CT molecular complexity index is 846. The van der Waals surface area contributed by atoms with Crippen LogP contribution in [0.1, 0.15) is 10.5 Å². The van der Waals surface area contributed by atoms with E-state index in [1.165, 1.54) is 0 Å². The number of hydrogen-bond acceptors (Lipinski definition) is 4. The van der Waals surface area contributed by atoms with Gasteiger partial charge in [0, 0.05) is 5.39 Å². The van der Waals surface area contributed by atoms with Crippen molar-refractivity contribution in [3.63, 3.8) is 0 Å². The fourth-order valence-corrected chi connectivity index (χ4v) is 1.84. The number of aromatic carboxylic acids is 1. The molecule has 18 heavy (non-hydrogen) atoms. The average molecular weight is 245 g/mol. The molecule has 3 aromatic rings. The lowest BCUT2D eigenvalue weighted by atomic mass is 10.2. The fourth-order valence-electron chi connectivity index (χ4n) is 1.84. The first-order valence-corrected chi connectivity index (χ1v) is 5.05. The number of hydrogen-bond donors (Lipinski definition) is 3. The van der Waals surface area contributed by atoms with Gasteiger partial charge in [-0.2, -0.15) is 4.52 Å². The number of aromatic nitrogens is 3. The maximum Gasteiger partial charge on any atom is 0.358 e. The van der Waals surface area contributed by atoms with Crippen LogP contribution in [0, 0.1) is 0 Å². The predicted octanol–water partition coefficient (Wildman–Crippen LogP) is 0.580. The molecule has 0 bridgehead atoms. The minimum absolute atomic E-state index is 0.172. The molecule has 3 rings (SSSR count). The second-order valence-electron chi connectivity index (χ2n) is 3.74. The summed E-state index contributed by atoms with van der Waals surface area (Å²) < 4.78 is 1.02. The SMILES string of the molecule is O=C(O)c1nc2c3ccccc3[nH]n2c(=O)c1O. The molecule has 0 atom stereocenters. The highest BCUT2D eigenvalue weighted by Gasteiger charge is 2.19. The number of nitrogens with one attached hydrogen (secondary N) is 1. The van der Waals surface area contributed by atoms with Gasteiger partial charge in [0.15, 0.2) is 11.3 Å². The number of carboxylic acid groups (broad SMARTS) is 1. The lowest BCUT2D eigenvalue weighted by Crippen LogP contribution is -2.18. The molecule has 0 unspecified atom stereocenters. The minimum Gasteiger partial charge on any atom is -0.501 e. The molecule has 90 valence electrons. The van der Waals surface area contributed by atoms with Gasteiger partial charge in [0.1, 0.15) is 0 Å². The van der Waals surface area contributed by atoms with Crippen molar-refractivity contribution in [1.82, 2.24) is 14.6 Å². The quantitative estimate of drug-likeness (QED) is 0.581. The molecule has 0 radical (unpaired) electrons. The zero-order chi connectivity index (χ0) is 12.9. The monoisotopic (exact) mass is 245 g/mol. The van der Waals surface area contributed by atoms with E-state index in [-0.39, 0.29) is 5.65 Å². The number of fused-ring (bicyclic) bond motifs is 3. The maximum atomic E-state index is 11.8. The summed E-state index contributed by atoms with van der Waals surface area (Å²) in [5.41, 5.74) is -0.687. The molecule has 2 heterocycles. The van der Waals surface area contributed by atoms with Crippen LogP contribution in [0.15, 0.2) is 29.1 Å². The van der Waals surface area contributed by atoms with Gasteiger partial charge in [-0.15, -0.1) is 0 Å². The van der Waals surface area contributed by atoms with Crippen LogP contribution in [0.25, 0.3) is 16.6 Å². The van der Waals surface area contributed by atoms with Gasteiger partial charge in [-0.1, -0.05) is 12.1 Å². The smallest absolute Gasteiger partial charge is 0.358 e. The van der Waals surface area contributed by atoms with E-state index in [4.69, 9.17) is 5.11 Å². The third-order valence-electron chi connectivity index (χ3n) is 2.66. The van der Waals surface area contributed by atoms with Gasteiger partial charge in [0.05, 0.1) is 5.52 Å². The Hall–Kier alpha value is -2.83. The maximum absolute atomic E-state index is 11.8. The van der Waals surface area contributed by atoms with Gasteiger partial charge in [-0.25, -0.2) is 9.78 Å². The number of H-pyrrole nitrogens is 1. The van der Waals surface area contributed by atoms with Crippen LogP contribution in [0.4, 0.5) is 0 Å². The first-order chi connectivity index (χ1) is 8.59. The Morgan fingerprint density at radius 3 is 2.78 bits per heavy atom. The number of aromatic hydroxyl groups is 1. The summed E-state index contributed by atoms with van der Waals surface area (Å²) in [4.78, 5) is 26.5. The van der Waals surface area contributed by atoms with E-state index in [1.807, 2.05) is 0 Å². The molecule has 7 heteroatoms. The third-order valence-corrected chi connectivity index (χ3v) is 2.66. The van der Waals surface area contributed by atoms with E-state index < -0.39 is 23.0 Å². The summed E-state index contributed by atoms with van der Waals surface area (Å²) >= 11 is 0. The molecule has 0 spiro atoms. The number of carbonyl (C=O) groups is 1. The van der Waals surface area contributed by atoms with Gasteiger partial charge < -0.3 is 10.2 Å². The highest BCUT2D eigenvalue weighted by atomic mass is 16.4. The second-order valence-corrected chi connectivity index (χ2v) is 3.74. The number of para-hydroxylation sites is 1. The Morgan fingerprint density at radius 1 is 1.33 bits per heavy atom. The van der Waals surface area contributed by atoms with Crippen LogP contribution in [-0.4, -0.2) is 30.8 Å². The Kier molecular flexibility index (Phi) is 1.91. The lowest BCUT2D eigenvalue weighted by Gasteiger charge is -1.98. The summed E-state index contributed by atoms with van der Waals surface area (Å²) in [5, 5.41) is 21.7.